The van der Waals surface area contributed by atoms with Gasteiger partial charge in [0.15, 0.2) is 0 Å². The minimum atomic E-state index is -4.43. The first kappa shape index (κ1) is 32.5. The molecule has 0 bridgehead atoms. The molecule has 0 heterocycles. The van der Waals surface area contributed by atoms with Crippen molar-refractivity contribution >= 4 is 23.4 Å². The first-order valence-electron chi connectivity index (χ1n) is 11.9. The van der Waals surface area contributed by atoms with E-state index in [4.69, 9.17) is 10.9 Å². The normalized spacial score (nSPS) is 11.2. The molecule has 0 aliphatic rings. The quantitative estimate of drug-likeness (QED) is 0.133. The minimum Gasteiger partial charge on any atom is -0.339 e. The number of halogens is 3. The molecular weight excluding hydrogens is 539 g/mol. The largest absolute Gasteiger partial charge is 0.416 e. The van der Waals surface area contributed by atoms with Crippen LogP contribution in [0.5, 0.6) is 0 Å². The van der Waals surface area contributed by atoms with Crippen LogP contribution in [0, 0.1) is 11.8 Å². The van der Waals surface area contributed by atoms with E-state index in [1.807, 2.05) is 0 Å². The Bertz CT molecular complexity index is 1400. The molecule has 3 rings (SSSR count). The average Bonchev–Trinajstić information content (AvgIpc) is 2.95. The number of nitrogens with two attached hydrogens (primary N) is 1. The summed E-state index contributed by atoms with van der Waals surface area (Å²) in [4.78, 5) is 35.9. The van der Waals surface area contributed by atoms with E-state index in [9.17, 15) is 27.6 Å². The lowest BCUT2D eigenvalue weighted by molar-refractivity contribution is -0.137. The molecule has 3 amide bonds. The van der Waals surface area contributed by atoms with Crippen LogP contribution >= 0.6 is 0 Å². The van der Waals surface area contributed by atoms with E-state index in [-0.39, 0.29) is 38.5 Å². The molecule has 1 atom stereocenters. The van der Waals surface area contributed by atoms with Gasteiger partial charge in [-0.25, -0.2) is 5.48 Å². The summed E-state index contributed by atoms with van der Waals surface area (Å²) in [6.45, 7) is -0.176. The lowest BCUT2D eigenvalue weighted by Gasteiger charge is -2.14. The predicted octanol–water partition coefficient (Wildman–Crippen LogP) is 3.03. The molecule has 0 aliphatic carbocycles. The van der Waals surface area contributed by atoms with E-state index < -0.39 is 29.6 Å². The summed E-state index contributed by atoms with van der Waals surface area (Å²) in [5, 5.41) is 16.6. The average molecular weight is 570 g/mol. The van der Waals surface area contributed by atoms with Crippen LogP contribution in [0.25, 0.3) is 0 Å². The second kappa shape index (κ2) is 15.2. The van der Waals surface area contributed by atoms with Crippen molar-refractivity contribution in [2.75, 3.05) is 18.4 Å². The third-order valence-corrected chi connectivity index (χ3v) is 5.50. The van der Waals surface area contributed by atoms with Gasteiger partial charge in [-0.2, -0.15) is 13.2 Å². The maximum atomic E-state index is 12.8. The number of nitrogens with one attached hydrogen (secondary N) is 4. The van der Waals surface area contributed by atoms with Crippen molar-refractivity contribution in [3.63, 3.8) is 0 Å². The zero-order chi connectivity index (χ0) is 29.1. The van der Waals surface area contributed by atoms with Crippen molar-refractivity contribution in [3.8, 4) is 11.8 Å². The molecule has 3 aromatic rings. The summed E-state index contributed by atoms with van der Waals surface area (Å²) in [5.74, 6) is 4.20. The van der Waals surface area contributed by atoms with Gasteiger partial charge in [-0.3, -0.25) is 19.6 Å². The summed E-state index contributed by atoms with van der Waals surface area (Å²) in [6, 6.07) is 16.9. The van der Waals surface area contributed by atoms with E-state index in [2.05, 4.69) is 27.8 Å². The number of amides is 3. The molecule has 0 fully saturated rings. The van der Waals surface area contributed by atoms with Gasteiger partial charge in [0.2, 0.25) is 5.91 Å². The minimum absolute atomic E-state index is 0. The highest BCUT2D eigenvalue weighted by Gasteiger charge is 2.30. The number of anilines is 1. The summed E-state index contributed by atoms with van der Waals surface area (Å²) in [5.41, 5.74) is 8.64. The van der Waals surface area contributed by atoms with Crippen LogP contribution in [-0.4, -0.2) is 42.1 Å². The Balaban J connectivity index is 0.00000588. The van der Waals surface area contributed by atoms with Gasteiger partial charge >= 0.3 is 6.18 Å². The molecule has 0 unspecified atom stereocenters. The lowest BCUT2D eigenvalue weighted by atomic mass is 10.1. The van der Waals surface area contributed by atoms with Crippen molar-refractivity contribution < 1.29 is 32.8 Å². The Labute approximate surface area is 235 Å². The third-order valence-electron chi connectivity index (χ3n) is 5.50. The smallest absolute Gasteiger partial charge is 0.339 e. The first-order chi connectivity index (χ1) is 19.1. The molecule has 0 saturated heterocycles. The van der Waals surface area contributed by atoms with Gasteiger partial charge in [0.1, 0.15) is 6.04 Å². The predicted molar refractivity (Wildman–Crippen MR) is 148 cm³/mol. The van der Waals surface area contributed by atoms with Crippen LogP contribution in [-0.2, 0) is 22.3 Å². The van der Waals surface area contributed by atoms with E-state index >= 15 is 0 Å². The number of carbonyl (C=O) groups excluding carboxylic acids is 3. The maximum absolute atomic E-state index is 12.8. The standard InChI is InChI=1S/C28H26F3N5O4.CH4/c29-28(30,31)22-3-1-2-20(14-22)16-33-17-25(37)34-23-12-8-19(9-13-23)5-4-18-6-10-21(11-7-18)26(38)35-24(15-32)27(39)36-40;/h1-3,6-14,24,33,40H,15-17,32H2,(H,34,37)(H,35,38)(H,36,39);1H4/t24-;/m0./s1. The van der Waals surface area contributed by atoms with Crippen molar-refractivity contribution in [1.29, 1.82) is 0 Å². The van der Waals surface area contributed by atoms with Gasteiger partial charge in [0.25, 0.3) is 11.8 Å². The van der Waals surface area contributed by atoms with E-state index in [0.29, 0.717) is 22.4 Å². The molecule has 12 heteroatoms. The van der Waals surface area contributed by atoms with Crippen LogP contribution in [0.2, 0.25) is 0 Å². The number of carbonyl (C=O) groups is 3. The third kappa shape index (κ3) is 10.1. The molecule has 0 aliphatic heterocycles. The van der Waals surface area contributed by atoms with Crippen LogP contribution in [0.1, 0.15) is 40.0 Å². The molecule has 9 nitrogen and oxygen atoms in total. The molecule has 0 saturated carbocycles. The highest BCUT2D eigenvalue weighted by atomic mass is 19.4. The van der Waals surface area contributed by atoms with Gasteiger partial charge in [0.05, 0.1) is 12.1 Å². The van der Waals surface area contributed by atoms with Crippen LogP contribution in [0.3, 0.4) is 0 Å². The SMILES string of the molecule is C.NC[C@H](NC(=O)c1ccc(C#Cc2ccc(NC(=O)CNCc3cccc(C(F)(F)F)c3)cc2)cc1)C(=O)NO. The van der Waals surface area contributed by atoms with E-state index in [1.54, 1.807) is 42.5 Å². The fraction of sp³-hybridized carbons (Fsp3) is 0.207. The highest BCUT2D eigenvalue weighted by molar-refractivity contribution is 5.97. The Morgan fingerprint density at radius 2 is 1.54 bits per heavy atom. The number of hydrogen-bond acceptors (Lipinski definition) is 6. The maximum Gasteiger partial charge on any atom is 0.416 e. The van der Waals surface area contributed by atoms with Crippen molar-refractivity contribution in [1.82, 2.24) is 16.1 Å². The van der Waals surface area contributed by atoms with Gasteiger partial charge in [-0.15, -0.1) is 0 Å². The second-order valence-corrected chi connectivity index (χ2v) is 8.49. The van der Waals surface area contributed by atoms with Crippen LogP contribution < -0.4 is 27.2 Å². The molecule has 41 heavy (non-hydrogen) atoms. The fourth-order valence-corrected chi connectivity index (χ4v) is 3.42. The van der Waals surface area contributed by atoms with Crippen LogP contribution in [0.4, 0.5) is 18.9 Å². The van der Waals surface area contributed by atoms with Crippen molar-refractivity contribution in [3.05, 3.63) is 101 Å². The molecule has 216 valence electrons. The topological polar surface area (TPSA) is 146 Å². The van der Waals surface area contributed by atoms with Gasteiger partial charge in [0, 0.05) is 35.5 Å². The summed E-state index contributed by atoms with van der Waals surface area (Å²) in [7, 11) is 0. The van der Waals surface area contributed by atoms with Crippen molar-refractivity contribution in [2.24, 2.45) is 5.73 Å². The number of hydroxylamine groups is 1. The summed E-state index contributed by atoms with van der Waals surface area (Å²) >= 11 is 0. The number of benzene rings is 3. The Morgan fingerprint density at radius 3 is 2.10 bits per heavy atom. The monoisotopic (exact) mass is 569 g/mol. The van der Waals surface area contributed by atoms with Gasteiger partial charge in [-0.1, -0.05) is 37.5 Å². The van der Waals surface area contributed by atoms with Gasteiger partial charge < -0.3 is 21.7 Å². The second-order valence-electron chi connectivity index (χ2n) is 8.49. The number of alkyl halides is 3. The first-order valence-corrected chi connectivity index (χ1v) is 11.9. The fourth-order valence-electron chi connectivity index (χ4n) is 3.42. The summed E-state index contributed by atoms with van der Waals surface area (Å²) < 4.78 is 38.4. The molecule has 7 N–H and O–H groups in total. The van der Waals surface area contributed by atoms with Crippen LogP contribution in [0.15, 0.2) is 72.8 Å². The molecule has 0 radical (unpaired) electrons. The molecule has 3 aromatic carbocycles. The van der Waals surface area contributed by atoms with E-state index in [1.165, 1.54) is 23.7 Å². The number of rotatable bonds is 9. The molecule has 0 aromatic heterocycles. The van der Waals surface area contributed by atoms with E-state index in [0.717, 1.165) is 12.1 Å². The Kier molecular flexibility index (Phi) is 12.0. The zero-order valence-electron chi connectivity index (χ0n) is 21.0. The van der Waals surface area contributed by atoms with Gasteiger partial charge in [-0.05, 0) is 60.2 Å². The Hall–Kier alpha value is -4.70. The molecular formula is C29H30F3N5O4. The number of hydrogen-bond donors (Lipinski definition) is 6. The highest BCUT2D eigenvalue weighted by Crippen LogP contribution is 2.29. The molecule has 0 spiro atoms. The Morgan fingerprint density at radius 1 is 0.927 bits per heavy atom. The summed E-state index contributed by atoms with van der Waals surface area (Å²) in [6.07, 6.45) is -4.43. The lowest BCUT2D eigenvalue weighted by Crippen LogP contribution is -2.50. The van der Waals surface area contributed by atoms with Crippen molar-refractivity contribution in [2.45, 2.75) is 26.2 Å². The zero-order valence-corrected chi connectivity index (χ0v) is 21.0.